The van der Waals surface area contributed by atoms with Crippen molar-refractivity contribution in [3.8, 4) is 0 Å². The number of hydrogen-bond acceptors (Lipinski definition) is 1. The summed E-state index contributed by atoms with van der Waals surface area (Å²) in [7, 11) is 0. The highest BCUT2D eigenvalue weighted by molar-refractivity contribution is 4.91. The normalized spacial score (nSPS) is 17.4. The van der Waals surface area contributed by atoms with Gasteiger partial charge in [-0.3, -0.25) is 0 Å². The Hall–Kier alpha value is -0.760. The summed E-state index contributed by atoms with van der Waals surface area (Å²) >= 11 is 0. The molecule has 0 radical (unpaired) electrons. The summed E-state index contributed by atoms with van der Waals surface area (Å²) in [6.45, 7) is 10.5. The fraction of sp³-hybridized carbons (Fsp3) is 0.733. The van der Waals surface area contributed by atoms with Crippen LogP contribution in [0.1, 0.15) is 52.5 Å². The standard InChI is InChI=1S/C8H17N.C7H11N/c1-2-9-7-5-3-4-6-8-9;1-7(2)8-5-3-4-6-8/h2-8H2,1H3;3-7H,1-2H3. The summed E-state index contributed by atoms with van der Waals surface area (Å²) in [5.74, 6) is 0. The van der Waals surface area contributed by atoms with E-state index in [0.29, 0.717) is 6.04 Å². The van der Waals surface area contributed by atoms with Crippen LogP contribution in [0.4, 0.5) is 0 Å². The lowest BCUT2D eigenvalue weighted by atomic mass is 10.2. The van der Waals surface area contributed by atoms with E-state index in [9.17, 15) is 0 Å². The Bertz CT molecular complexity index is 256. The van der Waals surface area contributed by atoms with Crippen LogP contribution in [0.15, 0.2) is 24.5 Å². The number of likely N-dealkylation sites (tertiary alicyclic amines) is 1. The molecule has 1 fully saturated rings. The topological polar surface area (TPSA) is 8.17 Å². The van der Waals surface area contributed by atoms with Crippen LogP contribution in [0.2, 0.25) is 0 Å². The maximum absolute atomic E-state index is 2.55. The Kier molecular flexibility index (Phi) is 7.02. The van der Waals surface area contributed by atoms with E-state index in [1.165, 1.54) is 45.3 Å². The second kappa shape index (κ2) is 8.35. The van der Waals surface area contributed by atoms with Gasteiger partial charge in [-0.25, -0.2) is 0 Å². The van der Waals surface area contributed by atoms with E-state index >= 15 is 0 Å². The van der Waals surface area contributed by atoms with E-state index in [2.05, 4.69) is 42.6 Å². The first kappa shape index (κ1) is 14.3. The molecule has 2 heterocycles. The zero-order valence-corrected chi connectivity index (χ0v) is 11.7. The molecular weight excluding hydrogens is 208 g/mol. The minimum atomic E-state index is 0.602. The van der Waals surface area contributed by atoms with E-state index in [-0.39, 0.29) is 0 Å². The second-order valence-corrected chi connectivity index (χ2v) is 5.07. The van der Waals surface area contributed by atoms with E-state index in [1.54, 1.807) is 0 Å². The van der Waals surface area contributed by atoms with Crippen LogP contribution in [-0.4, -0.2) is 29.1 Å². The first-order valence-electron chi connectivity index (χ1n) is 7.09. The number of hydrogen-bond donors (Lipinski definition) is 0. The number of rotatable bonds is 2. The van der Waals surface area contributed by atoms with Crippen molar-refractivity contribution >= 4 is 0 Å². The third-order valence-electron chi connectivity index (χ3n) is 3.37. The van der Waals surface area contributed by atoms with Crippen molar-refractivity contribution in [2.24, 2.45) is 0 Å². The summed E-state index contributed by atoms with van der Waals surface area (Å²) in [5.41, 5.74) is 0. The van der Waals surface area contributed by atoms with Crippen LogP contribution in [0.5, 0.6) is 0 Å². The molecule has 1 saturated heterocycles. The van der Waals surface area contributed by atoms with E-state index in [0.717, 1.165) is 0 Å². The molecule has 0 N–H and O–H groups in total. The predicted molar refractivity (Wildman–Crippen MR) is 75.4 cm³/mol. The van der Waals surface area contributed by atoms with Gasteiger partial charge in [0.1, 0.15) is 0 Å². The summed E-state index contributed by atoms with van der Waals surface area (Å²) in [4.78, 5) is 2.55. The van der Waals surface area contributed by atoms with Gasteiger partial charge < -0.3 is 9.47 Å². The molecule has 2 nitrogen and oxygen atoms in total. The number of nitrogens with zero attached hydrogens (tertiary/aromatic N) is 2. The first-order chi connectivity index (χ1) is 8.24. The lowest BCUT2D eigenvalue weighted by Gasteiger charge is -2.15. The fourth-order valence-corrected chi connectivity index (χ4v) is 2.14. The molecule has 0 saturated carbocycles. The van der Waals surface area contributed by atoms with Gasteiger partial charge >= 0.3 is 0 Å². The average Bonchev–Trinajstić information content (AvgIpc) is 2.74. The van der Waals surface area contributed by atoms with E-state index in [4.69, 9.17) is 0 Å². The molecule has 2 heteroatoms. The SMILES string of the molecule is CC(C)n1cccc1.CCN1CCCCCC1. The molecule has 0 spiro atoms. The van der Waals surface area contributed by atoms with Crippen molar-refractivity contribution in [1.82, 2.24) is 9.47 Å². The van der Waals surface area contributed by atoms with Gasteiger partial charge in [0.25, 0.3) is 0 Å². The number of aromatic nitrogens is 1. The molecule has 0 bridgehead atoms. The third kappa shape index (κ3) is 5.92. The van der Waals surface area contributed by atoms with Gasteiger partial charge in [-0.05, 0) is 58.5 Å². The van der Waals surface area contributed by atoms with Crippen molar-refractivity contribution in [3.63, 3.8) is 0 Å². The average molecular weight is 236 g/mol. The molecule has 2 rings (SSSR count). The van der Waals surface area contributed by atoms with E-state index < -0.39 is 0 Å². The minimum Gasteiger partial charge on any atom is -0.352 e. The molecule has 1 aliphatic heterocycles. The van der Waals surface area contributed by atoms with Gasteiger partial charge in [-0.1, -0.05) is 19.8 Å². The molecule has 0 aromatic carbocycles. The Morgan fingerprint density at radius 3 is 1.82 bits per heavy atom. The largest absolute Gasteiger partial charge is 0.352 e. The second-order valence-electron chi connectivity index (χ2n) is 5.07. The third-order valence-corrected chi connectivity index (χ3v) is 3.37. The quantitative estimate of drug-likeness (QED) is 0.755. The molecule has 17 heavy (non-hydrogen) atoms. The summed E-state index contributed by atoms with van der Waals surface area (Å²) < 4.78 is 2.17. The zero-order valence-electron chi connectivity index (χ0n) is 11.7. The highest BCUT2D eigenvalue weighted by Crippen LogP contribution is 2.08. The van der Waals surface area contributed by atoms with E-state index in [1.807, 2.05) is 12.1 Å². The summed E-state index contributed by atoms with van der Waals surface area (Å²) in [6, 6.07) is 4.69. The maximum Gasteiger partial charge on any atom is 0.0274 e. The maximum atomic E-state index is 2.55. The Morgan fingerprint density at radius 2 is 1.47 bits per heavy atom. The lowest BCUT2D eigenvalue weighted by Crippen LogP contribution is -2.23. The highest BCUT2D eigenvalue weighted by Gasteiger charge is 2.04. The molecule has 0 unspecified atom stereocenters. The Morgan fingerprint density at radius 1 is 0.941 bits per heavy atom. The van der Waals surface area contributed by atoms with Crippen molar-refractivity contribution in [3.05, 3.63) is 24.5 Å². The summed E-state index contributed by atoms with van der Waals surface area (Å²) in [6.07, 6.45) is 9.91. The zero-order chi connectivity index (χ0) is 12.5. The van der Waals surface area contributed by atoms with Crippen molar-refractivity contribution in [1.29, 1.82) is 0 Å². The van der Waals surface area contributed by atoms with Crippen LogP contribution in [0.25, 0.3) is 0 Å². The molecule has 1 aliphatic rings. The van der Waals surface area contributed by atoms with Gasteiger partial charge in [0.2, 0.25) is 0 Å². The predicted octanol–water partition coefficient (Wildman–Crippen LogP) is 3.95. The van der Waals surface area contributed by atoms with Crippen LogP contribution in [-0.2, 0) is 0 Å². The van der Waals surface area contributed by atoms with Crippen LogP contribution in [0, 0.1) is 0 Å². The van der Waals surface area contributed by atoms with Crippen molar-refractivity contribution in [2.45, 2.75) is 52.5 Å². The van der Waals surface area contributed by atoms with Gasteiger partial charge in [-0.2, -0.15) is 0 Å². The van der Waals surface area contributed by atoms with Crippen LogP contribution in [0.3, 0.4) is 0 Å². The first-order valence-corrected chi connectivity index (χ1v) is 7.09. The van der Waals surface area contributed by atoms with Gasteiger partial charge in [-0.15, -0.1) is 0 Å². The molecule has 1 aromatic rings. The smallest absolute Gasteiger partial charge is 0.0274 e. The molecule has 98 valence electrons. The molecule has 1 aromatic heterocycles. The van der Waals surface area contributed by atoms with Crippen molar-refractivity contribution in [2.75, 3.05) is 19.6 Å². The molecule has 0 aliphatic carbocycles. The molecule has 0 amide bonds. The van der Waals surface area contributed by atoms with Crippen LogP contribution < -0.4 is 0 Å². The van der Waals surface area contributed by atoms with Crippen molar-refractivity contribution < 1.29 is 0 Å². The highest BCUT2D eigenvalue weighted by atomic mass is 15.1. The van der Waals surface area contributed by atoms with Gasteiger partial charge in [0.15, 0.2) is 0 Å². The fourth-order valence-electron chi connectivity index (χ4n) is 2.14. The van der Waals surface area contributed by atoms with Gasteiger partial charge in [0.05, 0.1) is 0 Å². The minimum absolute atomic E-state index is 0.602. The molecule has 0 atom stereocenters. The van der Waals surface area contributed by atoms with Gasteiger partial charge in [0, 0.05) is 18.4 Å². The Labute approximate surface area is 107 Å². The Balaban J connectivity index is 0.000000171. The van der Waals surface area contributed by atoms with Crippen LogP contribution >= 0.6 is 0 Å². The monoisotopic (exact) mass is 236 g/mol. The molecular formula is C15H28N2. The lowest BCUT2D eigenvalue weighted by molar-refractivity contribution is 0.301. The summed E-state index contributed by atoms with van der Waals surface area (Å²) in [5, 5.41) is 0.